The molecule has 0 saturated carbocycles. The molecule has 0 aliphatic rings. The Morgan fingerprint density at radius 2 is 1.84 bits per heavy atom. The number of carbonyl (C=O) groups excluding carboxylic acids is 3. The molecule has 2 aromatic rings. The molecule has 170 valence electrons. The van der Waals surface area contributed by atoms with Crippen LogP contribution in [0.1, 0.15) is 17.3 Å². The first-order valence-corrected chi connectivity index (χ1v) is 10.5. The number of amides is 1. The van der Waals surface area contributed by atoms with Crippen molar-refractivity contribution >= 4 is 44.7 Å². The Hall–Kier alpha value is -3.84. The van der Waals surface area contributed by atoms with E-state index in [2.05, 4.69) is 10.6 Å². The predicted molar refractivity (Wildman–Crippen MR) is 114 cm³/mol. The summed E-state index contributed by atoms with van der Waals surface area (Å²) in [4.78, 5) is 45.0. The van der Waals surface area contributed by atoms with Gasteiger partial charge >= 0.3 is 5.97 Å². The highest BCUT2D eigenvalue weighted by atomic mass is 32.2. The summed E-state index contributed by atoms with van der Waals surface area (Å²) in [5.74, 6) is -1.92. The molecule has 13 heteroatoms. The minimum atomic E-state index is -4.25. The van der Waals surface area contributed by atoms with E-state index in [0.29, 0.717) is 11.3 Å². The minimum Gasteiger partial charge on any atom is -0.455 e. The van der Waals surface area contributed by atoms with E-state index in [9.17, 15) is 32.9 Å². The van der Waals surface area contributed by atoms with Crippen LogP contribution in [0, 0.1) is 10.1 Å². The zero-order chi connectivity index (χ0) is 23.9. The Morgan fingerprint density at radius 3 is 2.47 bits per heavy atom. The summed E-state index contributed by atoms with van der Waals surface area (Å²) >= 11 is 0. The number of ketones is 1. The van der Waals surface area contributed by atoms with Gasteiger partial charge in [0.05, 0.1) is 9.82 Å². The van der Waals surface area contributed by atoms with E-state index in [1.165, 1.54) is 26.1 Å². The minimum absolute atomic E-state index is 0.119. The number of Topliss-reactive ketones (excluding diaryl/α,β-unsaturated/α-hetero) is 1. The first-order chi connectivity index (χ1) is 15.0. The number of nitro benzene ring substituents is 1. The molecule has 0 heterocycles. The number of carbonyl (C=O) groups is 3. The highest BCUT2D eigenvalue weighted by Crippen LogP contribution is 2.26. The molecule has 1 amide bonds. The topological polar surface area (TPSA) is 174 Å². The number of ether oxygens (including phenoxy) is 1. The molecule has 2 rings (SSSR count). The van der Waals surface area contributed by atoms with Crippen molar-refractivity contribution < 1.29 is 32.5 Å². The van der Waals surface area contributed by atoms with E-state index in [0.717, 1.165) is 12.1 Å². The number of nitrogens with one attached hydrogen (secondary N) is 3. The maximum Gasteiger partial charge on any atom is 0.321 e. The molecule has 0 aromatic heterocycles. The first-order valence-electron chi connectivity index (χ1n) is 9.06. The summed E-state index contributed by atoms with van der Waals surface area (Å²) in [6.07, 6.45) is 0. The van der Waals surface area contributed by atoms with Gasteiger partial charge in [-0.1, -0.05) is 12.1 Å². The molecule has 0 unspecified atom stereocenters. The summed E-state index contributed by atoms with van der Waals surface area (Å²) in [7, 11) is -2.81. The van der Waals surface area contributed by atoms with Crippen LogP contribution in [0.25, 0.3) is 0 Å². The molecule has 0 saturated heterocycles. The van der Waals surface area contributed by atoms with Crippen molar-refractivity contribution in [2.75, 3.05) is 30.8 Å². The molecule has 0 aliphatic heterocycles. The van der Waals surface area contributed by atoms with E-state index >= 15 is 0 Å². The maximum atomic E-state index is 12.3. The Bertz CT molecular complexity index is 1160. The lowest BCUT2D eigenvalue weighted by molar-refractivity contribution is -0.384. The quantitative estimate of drug-likeness (QED) is 0.203. The van der Waals surface area contributed by atoms with Gasteiger partial charge in [-0.2, -0.15) is 4.72 Å². The van der Waals surface area contributed by atoms with Gasteiger partial charge in [0.15, 0.2) is 12.4 Å². The fraction of sp³-hybridized carbons (Fsp3) is 0.211. The molecular formula is C19H20N4O8S. The first kappa shape index (κ1) is 24.4. The van der Waals surface area contributed by atoms with Crippen molar-refractivity contribution in [3.05, 3.63) is 58.1 Å². The van der Waals surface area contributed by atoms with Crippen molar-refractivity contribution in [2.45, 2.75) is 11.8 Å². The van der Waals surface area contributed by atoms with Gasteiger partial charge in [0.2, 0.25) is 10.0 Å². The second-order valence-electron chi connectivity index (χ2n) is 6.36. The summed E-state index contributed by atoms with van der Waals surface area (Å²) in [5, 5.41) is 16.1. The zero-order valence-corrected chi connectivity index (χ0v) is 17.9. The number of nitro groups is 1. The Labute approximate surface area is 183 Å². The van der Waals surface area contributed by atoms with Crippen molar-refractivity contribution in [1.29, 1.82) is 0 Å². The second-order valence-corrected chi connectivity index (χ2v) is 8.12. The molecule has 0 radical (unpaired) electrons. The van der Waals surface area contributed by atoms with Gasteiger partial charge in [0.1, 0.15) is 12.2 Å². The maximum absolute atomic E-state index is 12.3. The molecule has 12 nitrogen and oxygen atoms in total. The third kappa shape index (κ3) is 6.58. The molecule has 3 N–H and O–H groups in total. The number of hydrogen-bond donors (Lipinski definition) is 3. The Kier molecular flexibility index (Phi) is 7.98. The molecule has 0 aliphatic carbocycles. The molecule has 0 spiro atoms. The summed E-state index contributed by atoms with van der Waals surface area (Å²) in [5.41, 5.74) is 0.375. The van der Waals surface area contributed by atoms with Crippen molar-refractivity contribution in [1.82, 2.24) is 4.72 Å². The third-order valence-corrected chi connectivity index (χ3v) is 5.47. The van der Waals surface area contributed by atoms with Gasteiger partial charge in [0.25, 0.3) is 11.6 Å². The SMILES string of the molecule is CNc1ccc(S(=O)(=O)NCC(=O)OCC(=O)Nc2cccc(C(C)=O)c2)cc1[N+](=O)[O-]. The van der Waals surface area contributed by atoms with Crippen LogP contribution in [-0.4, -0.2) is 51.2 Å². The number of rotatable bonds is 10. The number of anilines is 2. The summed E-state index contributed by atoms with van der Waals surface area (Å²) in [6.45, 7) is -0.110. The normalized spacial score (nSPS) is 10.8. The van der Waals surface area contributed by atoms with E-state index < -0.39 is 50.6 Å². The molecule has 0 bridgehead atoms. The number of benzene rings is 2. The highest BCUT2D eigenvalue weighted by molar-refractivity contribution is 7.89. The standard InChI is InChI=1S/C19H20N4O8S/c1-12(24)13-4-3-5-14(8-13)22-18(25)11-31-19(26)10-21-32(29,30)15-6-7-16(20-2)17(9-15)23(27)28/h3-9,20-21H,10-11H2,1-2H3,(H,22,25). The fourth-order valence-corrected chi connectivity index (χ4v) is 3.48. The van der Waals surface area contributed by atoms with Crippen LogP contribution in [0.4, 0.5) is 17.1 Å². The number of hydrogen-bond acceptors (Lipinski definition) is 9. The average Bonchev–Trinajstić information content (AvgIpc) is 2.75. The van der Waals surface area contributed by atoms with Crippen LogP contribution in [0.5, 0.6) is 0 Å². The molecule has 32 heavy (non-hydrogen) atoms. The smallest absolute Gasteiger partial charge is 0.321 e. The zero-order valence-electron chi connectivity index (χ0n) is 17.1. The predicted octanol–water partition coefficient (Wildman–Crippen LogP) is 1.30. The number of sulfonamides is 1. The van der Waals surface area contributed by atoms with Gasteiger partial charge in [-0.25, -0.2) is 8.42 Å². The van der Waals surface area contributed by atoms with Gasteiger partial charge < -0.3 is 15.4 Å². The lowest BCUT2D eigenvalue weighted by atomic mass is 10.1. The van der Waals surface area contributed by atoms with Gasteiger partial charge in [-0.3, -0.25) is 24.5 Å². The van der Waals surface area contributed by atoms with Gasteiger partial charge in [-0.05, 0) is 31.2 Å². The van der Waals surface area contributed by atoms with Crippen molar-refractivity contribution in [3.8, 4) is 0 Å². The molecular weight excluding hydrogens is 444 g/mol. The van der Waals surface area contributed by atoms with Crippen LogP contribution in [0.3, 0.4) is 0 Å². The van der Waals surface area contributed by atoms with E-state index in [4.69, 9.17) is 4.74 Å². The van der Waals surface area contributed by atoms with Gasteiger partial charge in [-0.15, -0.1) is 0 Å². The monoisotopic (exact) mass is 464 g/mol. The lowest BCUT2D eigenvalue weighted by Crippen LogP contribution is -2.32. The fourth-order valence-electron chi connectivity index (χ4n) is 2.49. The number of esters is 1. The molecule has 0 fully saturated rings. The molecule has 2 aromatic carbocycles. The highest BCUT2D eigenvalue weighted by Gasteiger charge is 2.22. The van der Waals surface area contributed by atoms with Crippen LogP contribution < -0.4 is 15.4 Å². The van der Waals surface area contributed by atoms with Crippen molar-refractivity contribution in [2.24, 2.45) is 0 Å². The van der Waals surface area contributed by atoms with Crippen LogP contribution in [0.2, 0.25) is 0 Å². The van der Waals surface area contributed by atoms with Crippen molar-refractivity contribution in [3.63, 3.8) is 0 Å². The van der Waals surface area contributed by atoms with Crippen LogP contribution in [0.15, 0.2) is 47.4 Å². The third-order valence-electron chi connectivity index (χ3n) is 4.07. The molecule has 0 atom stereocenters. The summed E-state index contributed by atoms with van der Waals surface area (Å²) < 4.78 is 31.3. The van der Waals surface area contributed by atoms with E-state index in [1.807, 2.05) is 4.72 Å². The Balaban J connectivity index is 1.91. The largest absolute Gasteiger partial charge is 0.455 e. The second kappa shape index (κ2) is 10.5. The lowest BCUT2D eigenvalue weighted by Gasteiger charge is -2.09. The van der Waals surface area contributed by atoms with Crippen LogP contribution in [-0.2, 0) is 24.3 Å². The average molecular weight is 464 g/mol. The van der Waals surface area contributed by atoms with E-state index in [-0.39, 0.29) is 11.5 Å². The summed E-state index contributed by atoms with van der Waals surface area (Å²) in [6, 6.07) is 9.34. The van der Waals surface area contributed by atoms with Crippen LogP contribution >= 0.6 is 0 Å². The van der Waals surface area contributed by atoms with Gasteiger partial charge in [0, 0.05) is 24.4 Å². The van der Waals surface area contributed by atoms with E-state index in [1.54, 1.807) is 18.2 Å². The Morgan fingerprint density at radius 1 is 1.12 bits per heavy atom. The number of nitrogens with zero attached hydrogens (tertiary/aromatic N) is 1.